The summed E-state index contributed by atoms with van der Waals surface area (Å²) in [5, 5.41) is 6.40. The number of ether oxygens (including phenoxy) is 1. The number of nitrogens with zero attached hydrogens (tertiary/aromatic N) is 1. The summed E-state index contributed by atoms with van der Waals surface area (Å²) in [4.78, 5) is 14.5. The van der Waals surface area contributed by atoms with E-state index in [0.29, 0.717) is 6.54 Å². The molecule has 0 saturated carbocycles. The van der Waals surface area contributed by atoms with E-state index in [9.17, 15) is 4.79 Å². The lowest BCUT2D eigenvalue weighted by Gasteiger charge is -2.41. The first-order chi connectivity index (χ1) is 9.09. The maximum absolute atomic E-state index is 12.1. The van der Waals surface area contributed by atoms with E-state index in [2.05, 4.69) is 29.4 Å². The molecule has 2 rings (SSSR count). The normalized spacial score (nSPS) is 26.1. The van der Waals surface area contributed by atoms with Crippen LogP contribution < -0.4 is 10.6 Å². The number of carbonyl (C=O) groups is 1. The van der Waals surface area contributed by atoms with Crippen molar-refractivity contribution in [3.63, 3.8) is 0 Å². The van der Waals surface area contributed by atoms with Gasteiger partial charge < -0.3 is 15.4 Å². The minimum atomic E-state index is -0.00585. The van der Waals surface area contributed by atoms with Crippen molar-refractivity contribution >= 4 is 5.91 Å². The molecule has 0 aliphatic carbocycles. The number of carbonyl (C=O) groups excluding carboxylic acids is 1. The zero-order chi connectivity index (χ0) is 13.7. The molecule has 19 heavy (non-hydrogen) atoms. The van der Waals surface area contributed by atoms with E-state index in [0.717, 1.165) is 45.7 Å². The first-order valence-corrected chi connectivity index (χ1v) is 7.43. The minimum absolute atomic E-state index is 0.00585. The fourth-order valence-electron chi connectivity index (χ4n) is 2.78. The lowest BCUT2D eigenvalue weighted by atomic mass is 10.0. The number of hydrogen-bond donors (Lipinski definition) is 2. The summed E-state index contributed by atoms with van der Waals surface area (Å²) in [6, 6.07) is 0.00855. The highest BCUT2D eigenvalue weighted by Crippen LogP contribution is 2.15. The maximum Gasteiger partial charge on any atom is 0.237 e. The van der Waals surface area contributed by atoms with Crippen LogP contribution in [0.2, 0.25) is 0 Å². The van der Waals surface area contributed by atoms with E-state index in [1.165, 1.54) is 6.42 Å². The Morgan fingerprint density at radius 3 is 2.74 bits per heavy atom. The molecular weight excluding hydrogens is 242 g/mol. The molecule has 0 aromatic heterocycles. The van der Waals surface area contributed by atoms with Gasteiger partial charge in [-0.25, -0.2) is 0 Å². The minimum Gasteiger partial charge on any atom is -0.379 e. The second-order valence-corrected chi connectivity index (χ2v) is 6.13. The van der Waals surface area contributed by atoms with Crippen molar-refractivity contribution in [3.05, 3.63) is 0 Å². The van der Waals surface area contributed by atoms with Crippen molar-refractivity contribution in [1.82, 2.24) is 15.5 Å². The molecule has 2 heterocycles. The first kappa shape index (κ1) is 14.8. The van der Waals surface area contributed by atoms with Crippen LogP contribution in [0.1, 0.15) is 33.1 Å². The van der Waals surface area contributed by atoms with Crippen LogP contribution >= 0.6 is 0 Å². The summed E-state index contributed by atoms with van der Waals surface area (Å²) in [5.74, 6) is 0.154. The number of hydrogen-bond acceptors (Lipinski definition) is 4. The van der Waals surface area contributed by atoms with Gasteiger partial charge in [-0.05, 0) is 33.2 Å². The Morgan fingerprint density at radius 2 is 2.11 bits per heavy atom. The summed E-state index contributed by atoms with van der Waals surface area (Å²) >= 11 is 0. The fraction of sp³-hybridized carbons (Fsp3) is 0.929. The molecule has 0 radical (unpaired) electrons. The number of rotatable bonds is 4. The summed E-state index contributed by atoms with van der Waals surface area (Å²) in [7, 11) is 0. The average Bonchev–Trinajstić information content (AvgIpc) is 2.47. The molecule has 0 aromatic rings. The van der Waals surface area contributed by atoms with Gasteiger partial charge in [0.2, 0.25) is 5.91 Å². The smallest absolute Gasteiger partial charge is 0.237 e. The molecule has 0 spiro atoms. The standard InChI is InChI=1S/C14H27N3O2/c1-14(2,17-7-9-19-10-8-17)11-16-13(18)12-5-3-4-6-15-12/h12,15H,3-11H2,1-2H3,(H,16,18). The van der Waals surface area contributed by atoms with Crippen LogP contribution in [0.3, 0.4) is 0 Å². The first-order valence-electron chi connectivity index (χ1n) is 7.43. The van der Waals surface area contributed by atoms with Crippen LogP contribution in [0, 0.1) is 0 Å². The van der Waals surface area contributed by atoms with E-state index in [1.807, 2.05) is 0 Å². The van der Waals surface area contributed by atoms with Crippen molar-refractivity contribution < 1.29 is 9.53 Å². The Kier molecular flexibility index (Phi) is 5.19. The zero-order valence-electron chi connectivity index (χ0n) is 12.2. The Morgan fingerprint density at radius 1 is 1.37 bits per heavy atom. The van der Waals surface area contributed by atoms with E-state index in [4.69, 9.17) is 4.74 Å². The highest BCUT2D eigenvalue weighted by molar-refractivity contribution is 5.81. The van der Waals surface area contributed by atoms with Gasteiger partial charge in [-0.15, -0.1) is 0 Å². The third kappa shape index (κ3) is 4.16. The number of morpholine rings is 1. The Hall–Kier alpha value is -0.650. The van der Waals surface area contributed by atoms with Crippen molar-refractivity contribution in [2.24, 2.45) is 0 Å². The molecule has 2 aliphatic rings. The van der Waals surface area contributed by atoms with Crippen LogP contribution in [0.25, 0.3) is 0 Å². The third-order valence-electron chi connectivity index (χ3n) is 4.19. The van der Waals surface area contributed by atoms with Crippen molar-refractivity contribution in [1.29, 1.82) is 0 Å². The molecule has 5 heteroatoms. The predicted octanol–water partition coefficient (Wildman–Crippen LogP) is 0.356. The summed E-state index contributed by atoms with van der Waals surface area (Å²) in [6.45, 7) is 9.52. The SMILES string of the molecule is CC(C)(CNC(=O)C1CCCCN1)N1CCOCC1. The van der Waals surface area contributed by atoms with Gasteiger partial charge in [0, 0.05) is 25.2 Å². The Labute approximate surface area is 116 Å². The molecule has 2 N–H and O–H groups in total. The van der Waals surface area contributed by atoms with Crippen LogP contribution in [0.4, 0.5) is 0 Å². The highest BCUT2D eigenvalue weighted by Gasteiger charge is 2.29. The van der Waals surface area contributed by atoms with Gasteiger partial charge in [0.25, 0.3) is 0 Å². The zero-order valence-corrected chi connectivity index (χ0v) is 12.2. The van der Waals surface area contributed by atoms with Gasteiger partial charge in [0.05, 0.1) is 19.3 Å². The molecule has 1 amide bonds. The molecule has 1 atom stereocenters. The summed E-state index contributed by atoms with van der Waals surface area (Å²) in [6.07, 6.45) is 3.30. The number of piperidine rings is 1. The van der Waals surface area contributed by atoms with Gasteiger partial charge in [-0.1, -0.05) is 6.42 Å². The topological polar surface area (TPSA) is 53.6 Å². The van der Waals surface area contributed by atoms with Crippen LogP contribution in [-0.4, -0.2) is 61.8 Å². The second kappa shape index (κ2) is 6.68. The maximum atomic E-state index is 12.1. The molecule has 2 saturated heterocycles. The Balaban J connectivity index is 1.77. The van der Waals surface area contributed by atoms with Crippen LogP contribution in [-0.2, 0) is 9.53 Å². The van der Waals surface area contributed by atoms with E-state index in [1.54, 1.807) is 0 Å². The van der Waals surface area contributed by atoms with Crippen LogP contribution in [0.15, 0.2) is 0 Å². The molecule has 5 nitrogen and oxygen atoms in total. The van der Waals surface area contributed by atoms with Gasteiger partial charge in [0.1, 0.15) is 0 Å². The molecule has 0 bridgehead atoms. The van der Waals surface area contributed by atoms with Crippen molar-refractivity contribution in [2.75, 3.05) is 39.4 Å². The van der Waals surface area contributed by atoms with E-state index < -0.39 is 0 Å². The number of amides is 1. The molecule has 2 aliphatic heterocycles. The Bertz CT molecular complexity index is 295. The second-order valence-electron chi connectivity index (χ2n) is 6.13. The number of nitrogens with one attached hydrogen (secondary N) is 2. The highest BCUT2D eigenvalue weighted by atomic mass is 16.5. The van der Waals surface area contributed by atoms with E-state index >= 15 is 0 Å². The third-order valence-corrected chi connectivity index (χ3v) is 4.19. The van der Waals surface area contributed by atoms with Crippen LogP contribution in [0.5, 0.6) is 0 Å². The monoisotopic (exact) mass is 269 g/mol. The molecular formula is C14H27N3O2. The lowest BCUT2D eigenvalue weighted by molar-refractivity contribution is -0.124. The van der Waals surface area contributed by atoms with Crippen molar-refractivity contribution in [3.8, 4) is 0 Å². The lowest BCUT2D eigenvalue weighted by Crippen LogP contribution is -2.57. The molecule has 0 aromatic carbocycles. The van der Waals surface area contributed by atoms with Gasteiger partial charge in [-0.3, -0.25) is 9.69 Å². The van der Waals surface area contributed by atoms with Gasteiger partial charge in [-0.2, -0.15) is 0 Å². The van der Waals surface area contributed by atoms with Gasteiger partial charge >= 0.3 is 0 Å². The molecule has 110 valence electrons. The summed E-state index contributed by atoms with van der Waals surface area (Å²) < 4.78 is 5.38. The quantitative estimate of drug-likeness (QED) is 0.773. The predicted molar refractivity (Wildman–Crippen MR) is 75.1 cm³/mol. The van der Waals surface area contributed by atoms with E-state index in [-0.39, 0.29) is 17.5 Å². The van der Waals surface area contributed by atoms with Crippen molar-refractivity contribution in [2.45, 2.75) is 44.7 Å². The average molecular weight is 269 g/mol. The summed E-state index contributed by atoms with van der Waals surface area (Å²) in [5.41, 5.74) is -0.00585. The molecule has 1 unspecified atom stereocenters. The van der Waals surface area contributed by atoms with Gasteiger partial charge in [0.15, 0.2) is 0 Å². The fourth-order valence-corrected chi connectivity index (χ4v) is 2.78. The largest absolute Gasteiger partial charge is 0.379 e. The molecule has 2 fully saturated rings.